The number of hydrogen-bond acceptors (Lipinski definition) is 6. The minimum atomic E-state index is -0.353. The van der Waals surface area contributed by atoms with E-state index in [1.165, 1.54) is 24.3 Å². The molecule has 9 heteroatoms. The third-order valence-electron chi connectivity index (χ3n) is 4.11. The molecule has 1 unspecified atom stereocenters. The van der Waals surface area contributed by atoms with Crippen LogP contribution in [0.2, 0.25) is 0 Å². The molecule has 2 aliphatic rings. The second-order valence-electron chi connectivity index (χ2n) is 5.95. The number of rotatable bonds is 3. The molecule has 0 aromatic heterocycles. The van der Waals surface area contributed by atoms with E-state index in [-0.39, 0.29) is 27.9 Å². The van der Waals surface area contributed by atoms with Gasteiger partial charge in [-0.2, -0.15) is 10.2 Å². The highest BCUT2D eigenvalue weighted by Crippen LogP contribution is 2.28. The zero-order valence-corrected chi connectivity index (χ0v) is 14.9. The van der Waals surface area contributed by atoms with E-state index in [2.05, 4.69) is 26.4 Å². The number of fused-ring (bicyclic) bond motifs is 1. The van der Waals surface area contributed by atoms with E-state index in [0.29, 0.717) is 22.6 Å². The van der Waals surface area contributed by atoms with Crippen LogP contribution in [0.4, 0.5) is 20.6 Å². The number of nitrogens with one attached hydrogen (secondary N) is 3. The topological polar surface area (TPSA) is 94.9 Å². The maximum Gasteiger partial charge on any atom is 0.299 e. The Morgan fingerprint density at radius 2 is 1.96 bits per heavy atom. The maximum atomic E-state index is 13.0. The Balaban J connectivity index is 1.66. The van der Waals surface area contributed by atoms with Crippen LogP contribution in [-0.4, -0.2) is 27.8 Å². The van der Waals surface area contributed by atoms with Crippen molar-refractivity contribution in [3.8, 4) is 0 Å². The normalized spacial score (nSPS) is 20.0. The second-order valence-corrected chi connectivity index (χ2v) is 7.26. The van der Waals surface area contributed by atoms with Crippen molar-refractivity contribution < 1.29 is 14.0 Å². The summed E-state index contributed by atoms with van der Waals surface area (Å²) in [5.41, 5.74) is 8.78. The van der Waals surface area contributed by atoms with Gasteiger partial charge in [-0.05, 0) is 48.9 Å². The highest BCUT2D eigenvalue weighted by Gasteiger charge is 2.29. The van der Waals surface area contributed by atoms with Crippen molar-refractivity contribution >= 4 is 45.7 Å². The largest absolute Gasteiger partial charge is 0.320 e. The van der Waals surface area contributed by atoms with E-state index < -0.39 is 0 Å². The Labute approximate surface area is 158 Å². The molecule has 2 amide bonds. The lowest BCUT2D eigenvalue weighted by Gasteiger charge is -2.18. The zero-order chi connectivity index (χ0) is 19.0. The summed E-state index contributed by atoms with van der Waals surface area (Å²) in [5, 5.41) is 10.8. The molecule has 0 bridgehead atoms. The van der Waals surface area contributed by atoms with Crippen LogP contribution < -0.4 is 16.2 Å². The van der Waals surface area contributed by atoms with Crippen LogP contribution in [0.3, 0.4) is 0 Å². The first-order valence-electron chi connectivity index (χ1n) is 8.11. The Bertz CT molecular complexity index is 1000. The first-order chi connectivity index (χ1) is 13.0. The first-order valence-corrected chi connectivity index (χ1v) is 8.99. The summed E-state index contributed by atoms with van der Waals surface area (Å²) in [6.07, 6.45) is 0. The molecule has 0 saturated heterocycles. The minimum Gasteiger partial charge on any atom is -0.320 e. The fourth-order valence-corrected chi connectivity index (χ4v) is 3.53. The number of carbonyl (C=O) groups excluding carboxylic acids is 2. The van der Waals surface area contributed by atoms with Crippen molar-refractivity contribution in [2.45, 2.75) is 12.2 Å². The summed E-state index contributed by atoms with van der Waals surface area (Å²) >= 11 is 1.15. The molecule has 0 saturated carbocycles. The fraction of sp³-hybridized carbons (Fsp3) is 0.111. The van der Waals surface area contributed by atoms with E-state index in [0.717, 1.165) is 17.3 Å². The number of halogens is 1. The molecule has 136 valence electrons. The van der Waals surface area contributed by atoms with Gasteiger partial charge in [0.2, 0.25) is 0 Å². The Morgan fingerprint density at radius 1 is 1.19 bits per heavy atom. The van der Waals surface area contributed by atoms with Crippen LogP contribution in [0.15, 0.2) is 52.7 Å². The average Bonchev–Trinajstić information content (AvgIpc) is 2.96. The van der Waals surface area contributed by atoms with E-state index in [1.807, 2.05) is 19.1 Å². The monoisotopic (exact) mass is 383 g/mol. The minimum absolute atomic E-state index is 0.111. The second kappa shape index (κ2) is 6.84. The van der Waals surface area contributed by atoms with Gasteiger partial charge in [0.1, 0.15) is 5.82 Å². The number of amides is 2. The predicted octanol–water partition coefficient (Wildman–Crippen LogP) is 3.14. The van der Waals surface area contributed by atoms with Gasteiger partial charge < -0.3 is 5.32 Å². The van der Waals surface area contributed by atoms with Gasteiger partial charge in [-0.1, -0.05) is 17.8 Å². The number of anilines is 2. The average molecular weight is 383 g/mol. The quantitative estimate of drug-likeness (QED) is 0.710. The lowest BCUT2D eigenvalue weighted by atomic mass is 10.0. The molecule has 2 aromatic carbocycles. The highest BCUT2D eigenvalue weighted by molar-refractivity contribution is 8.14. The molecule has 0 aliphatic carbocycles. The molecule has 0 radical (unpaired) electrons. The molecule has 2 aromatic rings. The molecule has 4 rings (SSSR count). The fourth-order valence-electron chi connectivity index (χ4n) is 2.81. The van der Waals surface area contributed by atoms with Crippen LogP contribution >= 0.6 is 11.8 Å². The van der Waals surface area contributed by atoms with Crippen molar-refractivity contribution in [3.05, 3.63) is 59.4 Å². The highest BCUT2D eigenvalue weighted by atomic mass is 32.2. The maximum absolute atomic E-state index is 13.0. The number of hydrazone groups is 2. The SMILES string of the molecule is CC1SC(=O)NN=C1c1ccc2c(c1)C(=NNc1ccc(F)cc1)C(=O)N2. The van der Waals surface area contributed by atoms with Crippen LogP contribution in [0.5, 0.6) is 0 Å². The van der Waals surface area contributed by atoms with E-state index in [9.17, 15) is 14.0 Å². The van der Waals surface area contributed by atoms with Crippen molar-refractivity contribution in [1.82, 2.24) is 5.43 Å². The lowest BCUT2D eigenvalue weighted by Crippen LogP contribution is -2.29. The standard InChI is InChI=1S/C18H14FN5O2S/c1-9-15(22-24-18(26)27-9)10-2-7-14-13(8-10)16(17(25)20-14)23-21-12-5-3-11(19)4-6-12/h2-9,21H,1H3,(H,24,26)(H,20,23,25). The molecule has 3 N–H and O–H groups in total. The Kier molecular flexibility index (Phi) is 4.36. The smallest absolute Gasteiger partial charge is 0.299 e. The summed E-state index contributed by atoms with van der Waals surface area (Å²) in [6.45, 7) is 1.89. The van der Waals surface area contributed by atoms with Gasteiger partial charge in [0, 0.05) is 5.56 Å². The van der Waals surface area contributed by atoms with Crippen molar-refractivity contribution in [2.24, 2.45) is 10.2 Å². The summed E-state index contributed by atoms with van der Waals surface area (Å²) in [5.74, 6) is -0.688. The third-order valence-corrected chi connectivity index (χ3v) is 4.99. The number of hydrogen-bond donors (Lipinski definition) is 3. The summed E-state index contributed by atoms with van der Waals surface area (Å²) in [7, 11) is 0. The summed E-state index contributed by atoms with van der Waals surface area (Å²) in [4.78, 5) is 23.7. The molecular weight excluding hydrogens is 369 g/mol. The zero-order valence-electron chi connectivity index (χ0n) is 14.1. The Morgan fingerprint density at radius 3 is 2.70 bits per heavy atom. The number of nitrogens with zero attached hydrogens (tertiary/aromatic N) is 2. The number of thioether (sulfide) groups is 1. The van der Waals surface area contributed by atoms with Crippen molar-refractivity contribution in [3.63, 3.8) is 0 Å². The van der Waals surface area contributed by atoms with Gasteiger partial charge in [-0.15, -0.1) is 0 Å². The molecule has 2 heterocycles. The van der Waals surface area contributed by atoms with Crippen molar-refractivity contribution in [2.75, 3.05) is 10.7 Å². The summed E-state index contributed by atoms with van der Waals surface area (Å²) in [6, 6.07) is 11.1. The number of carbonyl (C=O) groups is 2. The van der Waals surface area contributed by atoms with Crippen LogP contribution in [0.1, 0.15) is 18.1 Å². The molecular formula is C18H14FN5O2S. The van der Waals surface area contributed by atoms with Gasteiger partial charge in [0.15, 0.2) is 5.71 Å². The van der Waals surface area contributed by atoms with Gasteiger partial charge in [-0.3, -0.25) is 15.0 Å². The van der Waals surface area contributed by atoms with Crippen LogP contribution in [0.25, 0.3) is 0 Å². The van der Waals surface area contributed by atoms with Crippen molar-refractivity contribution in [1.29, 1.82) is 0 Å². The lowest BCUT2D eigenvalue weighted by molar-refractivity contribution is -0.110. The predicted molar refractivity (Wildman–Crippen MR) is 104 cm³/mol. The van der Waals surface area contributed by atoms with Gasteiger partial charge >= 0.3 is 0 Å². The van der Waals surface area contributed by atoms with E-state index in [4.69, 9.17) is 0 Å². The number of benzene rings is 2. The van der Waals surface area contributed by atoms with Crippen LogP contribution in [0, 0.1) is 5.82 Å². The van der Waals surface area contributed by atoms with Gasteiger partial charge in [0.25, 0.3) is 11.1 Å². The Hall–Kier alpha value is -3.20. The third kappa shape index (κ3) is 3.41. The molecule has 0 fully saturated rings. The van der Waals surface area contributed by atoms with Gasteiger partial charge in [0.05, 0.1) is 22.3 Å². The van der Waals surface area contributed by atoms with E-state index in [1.54, 1.807) is 6.07 Å². The van der Waals surface area contributed by atoms with Gasteiger partial charge in [-0.25, -0.2) is 9.82 Å². The molecule has 1 atom stereocenters. The molecule has 2 aliphatic heterocycles. The van der Waals surface area contributed by atoms with Crippen LogP contribution in [-0.2, 0) is 4.79 Å². The molecule has 0 spiro atoms. The van der Waals surface area contributed by atoms with E-state index >= 15 is 0 Å². The summed E-state index contributed by atoms with van der Waals surface area (Å²) < 4.78 is 13.0. The first kappa shape index (κ1) is 17.2. The molecule has 27 heavy (non-hydrogen) atoms. The molecule has 7 nitrogen and oxygen atoms in total.